The van der Waals surface area contributed by atoms with Crippen molar-refractivity contribution < 1.29 is 67.7 Å². The molecule has 1 aromatic carbocycles. The van der Waals surface area contributed by atoms with Crippen molar-refractivity contribution in [1.82, 2.24) is 37.2 Å². The van der Waals surface area contributed by atoms with Gasteiger partial charge in [-0.2, -0.15) is 0 Å². The molecule has 0 unspecified atom stereocenters. The third kappa shape index (κ3) is 27.5. The van der Waals surface area contributed by atoms with Crippen LogP contribution in [0, 0.1) is 29.6 Å². The molecule has 26 heteroatoms. The first-order valence-corrected chi connectivity index (χ1v) is 30.5. The molecule has 19 N–H and O–H groups in total. The average Bonchev–Trinajstić information content (AvgIpc) is 3.06. The molecule has 1 aromatic rings. The molecule has 86 heavy (non-hydrogen) atoms. The van der Waals surface area contributed by atoms with Crippen molar-refractivity contribution in [3.63, 3.8) is 0 Å². The molecule has 2 rings (SSSR count). The van der Waals surface area contributed by atoms with Crippen LogP contribution < -0.4 is 65.9 Å². The third-order valence-electron chi connectivity index (χ3n) is 15.1. The largest absolute Gasteiger partial charge is 0.391 e. The summed E-state index contributed by atoms with van der Waals surface area (Å²) in [5.74, 6) is -13.6. The lowest BCUT2D eigenvalue weighted by atomic mass is 9.89. The molecule has 26 nitrogen and oxygen atoms in total. The van der Waals surface area contributed by atoms with Gasteiger partial charge in [0.2, 0.25) is 41.4 Å². The Bertz CT molecular complexity index is 2380. The third-order valence-corrected chi connectivity index (χ3v) is 15.1. The van der Waals surface area contributed by atoms with E-state index < -0.39 is 169 Å². The van der Waals surface area contributed by atoms with Gasteiger partial charge in [0.1, 0.15) is 35.7 Å². The van der Waals surface area contributed by atoms with Gasteiger partial charge in [-0.3, -0.25) is 57.5 Å². The summed E-state index contributed by atoms with van der Waals surface area (Å²) in [5.41, 5.74) is 30.2. The molecule has 0 saturated carbocycles. The number of aliphatic hydroxyl groups excluding tert-OH is 2. The van der Waals surface area contributed by atoms with Gasteiger partial charge in [-0.05, 0) is 116 Å². The lowest BCUT2D eigenvalue weighted by Gasteiger charge is -2.28. The molecule has 0 aliphatic carbocycles. The highest BCUT2D eigenvalue weighted by molar-refractivity contribution is 6.02. The van der Waals surface area contributed by atoms with Crippen molar-refractivity contribution in [3.8, 4) is 0 Å². The van der Waals surface area contributed by atoms with Crippen LogP contribution in [0.5, 0.6) is 0 Å². The topological polar surface area (TPSA) is 460 Å². The summed E-state index contributed by atoms with van der Waals surface area (Å²) in [6, 6.07) is 0.0307. The average molecular weight is 1210 g/mol. The molecule has 1 aliphatic rings. The quantitative estimate of drug-likeness (QED) is 0.0287. The van der Waals surface area contributed by atoms with E-state index in [9.17, 15) is 67.7 Å². The molecule has 0 radical (unpaired) electrons. The molecular formula is C60H100N12O14. The van der Waals surface area contributed by atoms with Gasteiger partial charge in [-0.25, -0.2) is 0 Å². The predicted molar refractivity (Wildman–Crippen MR) is 321 cm³/mol. The summed E-state index contributed by atoms with van der Waals surface area (Å²) in [4.78, 5) is 167. The smallest absolute Gasteiger partial charge is 0.245 e. The zero-order chi connectivity index (χ0) is 64.5. The summed E-state index contributed by atoms with van der Waals surface area (Å²) in [6.45, 7) is 7.20. The van der Waals surface area contributed by atoms with E-state index in [4.69, 9.17) is 28.7 Å². The molecule has 484 valence electrons. The van der Waals surface area contributed by atoms with E-state index in [1.54, 1.807) is 30.3 Å². The maximum atomic E-state index is 14.6. The monoisotopic (exact) mass is 1210 g/mol. The van der Waals surface area contributed by atoms with E-state index in [0.717, 1.165) is 19.3 Å². The van der Waals surface area contributed by atoms with Crippen LogP contribution in [0.15, 0.2) is 30.3 Å². The van der Waals surface area contributed by atoms with Crippen LogP contribution in [0.2, 0.25) is 0 Å². The standard InChI is InChI=1S/C60H100N12O14/c1-6-7-8-12-15-43(75)34-44(76)30-39(16-22-61)55(81)71-52(36(4)73)51(79)32-41(18-24-63)54(80)69-47-21-27-66-60(86)53(37(5)74)72-56(82)40(17-23-62)31-49(77)45(19-25-64)68-59(85)48(28-35(2)3)70-57(83)42(29-38-13-10-9-11-14-38)33-50(78)46(20-26-65)67-58(47)84/h9-11,13-14,35-37,39-42,45-48,52-53,73-74H,6-8,12,15-34,61-65H2,1-5H3,(H,66,86)(H,67,84)(H,68,85)(H,69,80)(H,70,83)(H,71,81)(H,72,82)/t36-,37-,39-,40-,41-,42+,45+,46+,47+,48+,52+,53+/m1/s1. The van der Waals surface area contributed by atoms with Gasteiger partial charge in [0.15, 0.2) is 17.3 Å². The molecule has 12 atom stereocenters. The molecule has 0 bridgehead atoms. The van der Waals surface area contributed by atoms with Gasteiger partial charge in [0, 0.05) is 62.3 Å². The SMILES string of the molecule is CCCCCCC(=O)CC(=O)C[C@@H](CCN)C(=O)N[C@H](C(=O)C[C@@H](CCN)C(=O)N[C@H]1CCNC(=O)[C@H]([C@@H](C)O)NC(=O)[C@H](CCN)CC(=O)[C@H](CCN)NC(=O)[C@H](CC(C)C)NC(=O)[C@@H](Cc2ccccc2)CC(=O)[C@H](CCN)NC1=O)[C@@H](C)O. The highest BCUT2D eigenvalue weighted by Crippen LogP contribution is 2.21. The second-order valence-electron chi connectivity index (χ2n) is 23.1. The Morgan fingerprint density at radius 3 is 1.72 bits per heavy atom. The van der Waals surface area contributed by atoms with Crippen LogP contribution in [-0.4, -0.2) is 168 Å². The van der Waals surface area contributed by atoms with E-state index in [-0.39, 0.29) is 109 Å². The summed E-state index contributed by atoms with van der Waals surface area (Å²) in [7, 11) is 0. The van der Waals surface area contributed by atoms with Crippen LogP contribution in [0.3, 0.4) is 0 Å². The number of carbonyl (C=O) groups excluding carboxylic acids is 12. The minimum absolute atomic E-state index is 0.00128. The first-order valence-electron chi connectivity index (χ1n) is 30.5. The summed E-state index contributed by atoms with van der Waals surface area (Å²) in [5, 5.41) is 39.9. The molecule has 0 spiro atoms. The minimum atomic E-state index is -1.64. The Labute approximate surface area is 505 Å². The molecule has 1 heterocycles. The molecule has 1 fully saturated rings. The predicted octanol–water partition coefficient (Wildman–Crippen LogP) is -1.56. The molecule has 1 aliphatic heterocycles. The number of benzene rings is 1. The van der Waals surface area contributed by atoms with Crippen molar-refractivity contribution in [2.24, 2.45) is 58.3 Å². The number of carbonyl (C=O) groups is 12. The fraction of sp³-hybridized carbons (Fsp3) is 0.700. The summed E-state index contributed by atoms with van der Waals surface area (Å²) < 4.78 is 0. The molecule has 7 amide bonds. The molecule has 0 aromatic heterocycles. The number of nitrogens with one attached hydrogen (secondary N) is 7. The zero-order valence-electron chi connectivity index (χ0n) is 51.0. The van der Waals surface area contributed by atoms with Crippen LogP contribution in [0.1, 0.15) is 149 Å². The van der Waals surface area contributed by atoms with Crippen LogP contribution in [-0.2, 0) is 64.0 Å². The van der Waals surface area contributed by atoms with Crippen molar-refractivity contribution in [3.05, 3.63) is 35.9 Å². The van der Waals surface area contributed by atoms with Gasteiger partial charge in [-0.15, -0.1) is 0 Å². The van der Waals surface area contributed by atoms with Gasteiger partial charge in [-0.1, -0.05) is 70.4 Å². The fourth-order valence-electron chi connectivity index (χ4n) is 10.2. The van der Waals surface area contributed by atoms with Crippen LogP contribution in [0.25, 0.3) is 0 Å². The Morgan fingerprint density at radius 1 is 0.616 bits per heavy atom. The van der Waals surface area contributed by atoms with E-state index >= 15 is 0 Å². The number of hydrogen-bond donors (Lipinski definition) is 14. The van der Waals surface area contributed by atoms with Gasteiger partial charge in [0.25, 0.3) is 0 Å². The first kappa shape index (κ1) is 75.7. The Kier molecular flexibility index (Phi) is 36.0. The van der Waals surface area contributed by atoms with Gasteiger partial charge >= 0.3 is 0 Å². The highest BCUT2D eigenvalue weighted by atomic mass is 16.3. The summed E-state index contributed by atoms with van der Waals surface area (Å²) >= 11 is 0. The number of rotatable bonds is 32. The number of Topliss-reactive ketones (excluding diaryl/α,β-unsaturated/α-hetero) is 5. The number of amides is 7. The summed E-state index contributed by atoms with van der Waals surface area (Å²) in [6.07, 6.45) is -2.55. The van der Waals surface area contributed by atoms with Gasteiger partial charge < -0.3 is 76.1 Å². The van der Waals surface area contributed by atoms with E-state index in [2.05, 4.69) is 37.2 Å². The molecular weight excluding hydrogens is 1110 g/mol. The second-order valence-corrected chi connectivity index (χ2v) is 23.1. The van der Waals surface area contributed by atoms with E-state index in [1.165, 1.54) is 13.8 Å². The second kappa shape index (κ2) is 40.9. The van der Waals surface area contributed by atoms with Crippen molar-refractivity contribution in [2.45, 2.75) is 199 Å². The number of aliphatic hydroxyl groups is 2. The fourth-order valence-corrected chi connectivity index (χ4v) is 10.2. The number of unbranched alkanes of at least 4 members (excludes halogenated alkanes) is 3. The normalized spacial score (nSPS) is 22.6. The maximum Gasteiger partial charge on any atom is 0.245 e. The van der Waals surface area contributed by atoms with Crippen molar-refractivity contribution in [1.29, 1.82) is 0 Å². The van der Waals surface area contributed by atoms with Crippen LogP contribution in [0.4, 0.5) is 0 Å². The Hall–Kier alpha value is -6.42. The lowest BCUT2D eigenvalue weighted by Crippen LogP contribution is -2.56. The minimum Gasteiger partial charge on any atom is -0.391 e. The lowest BCUT2D eigenvalue weighted by molar-refractivity contribution is -0.137. The number of nitrogens with two attached hydrogens (primary N) is 5. The maximum absolute atomic E-state index is 14.6. The number of hydrogen-bond acceptors (Lipinski definition) is 19. The zero-order valence-corrected chi connectivity index (χ0v) is 51.0. The molecule has 1 saturated heterocycles. The van der Waals surface area contributed by atoms with Crippen molar-refractivity contribution >= 4 is 70.3 Å². The first-order chi connectivity index (χ1) is 40.8. The Balaban J connectivity index is 2.67. The highest BCUT2D eigenvalue weighted by Gasteiger charge is 2.38. The van der Waals surface area contributed by atoms with Crippen molar-refractivity contribution in [2.75, 3.05) is 39.3 Å². The Morgan fingerprint density at radius 2 is 1.17 bits per heavy atom. The van der Waals surface area contributed by atoms with Crippen LogP contribution >= 0.6 is 0 Å². The van der Waals surface area contributed by atoms with Gasteiger partial charge in [0.05, 0.1) is 30.7 Å². The number of ketones is 5. The van der Waals surface area contributed by atoms with E-state index in [1.807, 2.05) is 20.8 Å². The van der Waals surface area contributed by atoms with E-state index in [0.29, 0.717) is 12.0 Å².